The van der Waals surface area contributed by atoms with Crippen LogP contribution in [0.1, 0.15) is 18.9 Å². The van der Waals surface area contributed by atoms with E-state index in [-0.39, 0.29) is 6.42 Å². The fourth-order valence-electron chi connectivity index (χ4n) is 1.74. The normalized spacial score (nSPS) is 15.2. The third kappa shape index (κ3) is 3.04. The number of rotatable bonds is 5. The number of sulfonamides is 1. The van der Waals surface area contributed by atoms with Gasteiger partial charge in [0, 0.05) is 0 Å². The second-order valence-electron chi connectivity index (χ2n) is 3.86. The summed E-state index contributed by atoms with van der Waals surface area (Å²) >= 11 is 0. The maximum Gasteiger partial charge on any atom is 0.243 e. The maximum absolute atomic E-state index is 11.6. The molecule has 0 aliphatic carbocycles. The predicted molar refractivity (Wildman–Crippen MR) is 65.6 cm³/mol. The Balaban J connectivity index is 3.34. The molecule has 0 heterocycles. The molecular weight excluding hydrogens is 240 g/mol. The van der Waals surface area contributed by atoms with Crippen molar-refractivity contribution in [2.24, 2.45) is 5.73 Å². The monoisotopic (exact) mass is 256 g/mol. The van der Waals surface area contributed by atoms with E-state index in [2.05, 4.69) is 4.72 Å². The number of amides is 1. The fraction of sp³-hybridized carbons (Fsp3) is 0.364. The van der Waals surface area contributed by atoms with Crippen LogP contribution in [-0.2, 0) is 20.4 Å². The van der Waals surface area contributed by atoms with E-state index in [9.17, 15) is 13.2 Å². The number of hydrogen-bond donors (Lipinski definition) is 2. The van der Waals surface area contributed by atoms with Gasteiger partial charge < -0.3 is 5.73 Å². The number of carbonyl (C=O) groups is 1. The summed E-state index contributed by atoms with van der Waals surface area (Å²) < 4.78 is 25.1. The summed E-state index contributed by atoms with van der Waals surface area (Å²) in [4.78, 5) is 11.6. The van der Waals surface area contributed by atoms with Gasteiger partial charge in [0.1, 0.15) is 5.54 Å². The average molecular weight is 256 g/mol. The molecule has 17 heavy (non-hydrogen) atoms. The highest BCUT2D eigenvalue weighted by atomic mass is 32.2. The zero-order valence-electron chi connectivity index (χ0n) is 9.80. The van der Waals surface area contributed by atoms with E-state index in [1.165, 1.54) is 0 Å². The van der Waals surface area contributed by atoms with Crippen molar-refractivity contribution in [1.29, 1.82) is 0 Å². The molecule has 0 aliphatic heterocycles. The number of hydrogen-bond acceptors (Lipinski definition) is 3. The second kappa shape index (κ2) is 4.85. The molecule has 1 amide bonds. The highest BCUT2D eigenvalue weighted by Gasteiger charge is 2.39. The van der Waals surface area contributed by atoms with Gasteiger partial charge in [-0.1, -0.05) is 37.3 Å². The van der Waals surface area contributed by atoms with Crippen LogP contribution >= 0.6 is 0 Å². The summed E-state index contributed by atoms with van der Waals surface area (Å²) in [5.74, 6) is -0.711. The van der Waals surface area contributed by atoms with Gasteiger partial charge in [-0.05, 0) is 12.0 Å². The lowest BCUT2D eigenvalue weighted by atomic mass is 9.88. The topological polar surface area (TPSA) is 89.3 Å². The van der Waals surface area contributed by atoms with E-state index in [4.69, 9.17) is 5.73 Å². The van der Waals surface area contributed by atoms with Crippen LogP contribution < -0.4 is 10.5 Å². The minimum Gasteiger partial charge on any atom is -0.368 e. The van der Waals surface area contributed by atoms with Crippen molar-refractivity contribution >= 4 is 15.9 Å². The van der Waals surface area contributed by atoms with Crippen LogP contribution in [0.15, 0.2) is 30.3 Å². The van der Waals surface area contributed by atoms with E-state index in [0.717, 1.165) is 6.26 Å². The molecule has 0 saturated heterocycles. The first-order chi connectivity index (χ1) is 7.82. The first kappa shape index (κ1) is 13.7. The lowest BCUT2D eigenvalue weighted by molar-refractivity contribution is -0.124. The van der Waals surface area contributed by atoms with Crippen LogP contribution in [0.5, 0.6) is 0 Å². The largest absolute Gasteiger partial charge is 0.368 e. The van der Waals surface area contributed by atoms with E-state index >= 15 is 0 Å². The van der Waals surface area contributed by atoms with Gasteiger partial charge in [-0.2, -0.15) is 4.72 Å². The summed E-state index contributed by atoms with van der Waals surface area (Å²) in [5.41, 5.74) is 4.52. The summed E-state index contributed by atoms with van der Waals surface area (Å²) in [7, 11) is -3.54. The van der Waals surface area contributed by atoms with Gasteiger partial charge in [-0.25, -0.2) is 8.42 Å². The van der Waals surface area contributed by atoms with E-state index in [1.54, 1.807) is 37.3 Å². The molecule has 0 bridgehead atoms. The fourth-order valence-corrected chi connectivity index (χ4v) is 2.74. The number of benzene rings is 1. The van der Waals surface area contributed by atoms with Gasteiger partial charge in [-0.15, -0.1) is 0 Å². The van der Waals surface area contributed by atoms with Gasteiger partial charge in [-0.3, -0.25) is 4.79 Å². The zero-order chi connectivity index (χ0) is 13.1. The van der Waals surface area contributed by atoms with Gasteiger partial charge in [0.05, 0.1) is 6.26 Å². The molecule has 0 fully saturated rings. The van der Waals surface area contributed by atoms with Gasteiger partial charge >= 0.3 is 0 Å². The molecule has 0 spiro atoms. The molecule has 1 atom stereocenters. The number of primary amides is 1. The third-order valence-electron chi connectivity index (χ3n) is 2.58. The first-order valence-corrected chi connectivity index (χ1v) is 7.05. The molecule has 1 aromatic rings. The van der Waals surface area contributed by atoms with Crippen LogP contribution in [0, 0.1) is 0 Å². The Morgan fingerprint density at radius 2 is 1.88 bits per heavy atom. The van der Waals surface area contributed by atoms with Crippen molar-refractivity contribution < 1.29 is 13.2 Å². The van der Waals surface area contributed by atoms with E-state index in [0.29, 0.717) is 5.56 Å². The van der Waals surface area contributed by atoms with Crippen LogP contribution in [0.3, 0.4) is 0 Å². The maximum atomic E-state index is 11.6. The molecule has 0 aliphatic rings. The molecule has 1 unspecified atom stereocenters. The van der Waals surface area contributed by atoms with Crippen molar-refractivity contribution in [3.63, 3.8) is 0 Å². The van der Waals surface area contributed by atoms with E-state index in [1.807, 2.05) is 0 Å². The van der Waals surface area contributed by atoms with Crippen molar-refractivity contribution in [2.75, 3.05) is 6.26 Å². The highest BCUT2D eigenvalue weighted by Crippen LogP contribution is 2.25. The zero-order valence-corrected chi connectivity index (χ0v) is 10.6. The molecule has 1 aromatic carbocycles. The highest BCUT2D eigenvalue weighted by molar-refractivity contribution is 7.88. The van der Waals surface area contributed by atoms with E-state index < -0.39 is 21.5 Å². The standard InChI is InChI=1S/C11H16N2O3S/c1-3-11(10(12)14,13-17(2,15)16)9-7-5-4-6-8-9/h4-8,13H,3H2,1-2H3,(H2,12,14). The summed E-state index contributed by atoms with van der Waals surface area (Å²) in [6.07, 6.45) is 1.25. The quantitative estimate of drug-likeness (QED) is 0.795. The van der Waals surface area contributed by atoms with Crippen molar-refractivity contribution in [2.45, 2.75) is 18.9 Å². The van der Waals surface area contributed by atoms with Gasteiger partial charge in [0.15, 0.2) is 0 Å². The summed E-state index contributed by atoms with van der Waals surface area (Å²) in [5, 5.41) is 0. The number of nitrogens with one attached hydrogen (secondary N) is 1. The first-order valence-electron chi connectivity index (χ1n) is 5.16. The molecule has 1 rings (SSSR count). The molecular formula is C11H16N2O3S. The minimum atomic E-state index is -3.54. The molecule has 94 valence electrons. The summed E-state index contributed by atoms with van der Waals surface area (Å²) in [6, 6.07) is 8.59. The Labute approximate surface area is 101 Å². The third-order valence-corrected chi connectivity index (χ3v) is 3.30. The molecule has 0 aromatic heterocycles. The average Bonchev–Trinajstić information content (AvgIpc) is 2.25. The second-order valence-corrected chi connectivity index (χ2v) is 5.61. The Morgan fingerprint density at radius 1 is 1.35 bits per heavy atom. The number of nitrogens with two attached hydrogens (primary N) is 1. The van der Waals surface area contributed by atoms with Crippen LogP contribution in [0.4, 0.5) is 0 Å². The van der Waals surface area contributed by atoms with Crippen molar-refractivity contribution in [3.8, 4) is 0 Å². The molecule has 0 saturated carbocycles. The van der Waals surface area contributed by atoms with Crippen LogP contribution in [0.25, 0.3) is 0 Å². The molecule has 3 N–H and O–H groups in total. The molecule has 6 heteroatoms. The Bertz CT molecular complexity index is 499. The Morgan fingerprint density at radius 3 is 2.24 bits per heavy atom. The molecule has 0 radical (unpaired) electrons. The van der Waals surface area contributed by atoms with Crippen LogP contribution in [0.2, 0.25) is 0 Å². The minimum absolute atomic E-state index is 0.249. The lowest BCUT2D eigenvalue weighted by Gasteiger charge is -2.30. The molecule has 5 nitrogen and oxygen atoms in total. The summed E-state index contributed by atoms with van der Waals surface area (Å²) in [6.45, 7) is 1.70. The van der Waals surface area contributed by atoms with Gasteiger partial charge in [0.25, 0.3) is 0 Å². The van der Waals surface area contributed by atoms with Crippen LogP contribution in [-0.4, -0.2) is 20.6 Å². The lowest BCUT2D eigenvalue weighted by Crippen LogP contribution is -2.54. The van der Waals surface area contributed by atoms with Crippen molar-refractivity contribution in [1.82, 2.24) is 4.72 Å². The Kier molecular flexibility index (Phi) is 3.90. The smallest absolute Gasteiger partial charge is 0.243 e. The van der Waals surface area contributed by atoms with Gasteiger partial charge in [0.2, 0.25) is 15.9 Å². The number of carbonyl (C=O) groups excluding carboxylic acids is 1. The van der Waals surface area contributed by atoms with Crippen molar-refractivity contribution in [3.05, 3.63) is 35.9 Å². The SMILES string of the molecule is CCC(NS(C)(=O)=O)(C(N)=O)c1ccccc1. The Hall–Kier alpha value is -1.40. The predicted octanol–water partition coefficient (Wildman–Crippen LogP) is 0.326.